The molecular weight excluding hydrogens is 316 g/mol. The third-order valence-electron chi connectivity index (χ3n) is 5.00. The molecule has 6 nitrogen and oxygen atoms in total. The van der Waals surface area contributed by atoms with Crippen LogP contribution in [0.3, 0.4) is 0 Å². The number of rotatable bonds is 6. The molecule has 2 N–H and O–H groups in total. The van der Waals surface area contributed by atoms with Crippen LogP contribution in [-0.2, 0) is 19.6 Å². The molecule has 0 spiro atoms. The second-order valence-corrected chi connectivity index (χ2v) is 8.83. The molecule has 3 aliphatic carbocycles. The van der Waals surface area contributed by atoms with Crippen LogP contribution in [0.2, 0.25) is 0 Å². The molecule has 126 valence electrons. The number of nitrogens with one attached hydrogen (secondary N) is 2. The molecule has 0 aliphatic heterocycles. The highest BCUT2D eigenvalue weighted by Crippen LogP contribution is 2.45. The normalized spacial score (nSPS) is 33.1. The van der Waals surface area contributed by atoms with Crippen molar-refractivity contribution in [1.82, 2.24) is 10.0 Å². The van der Waals surface area contributed by atoms with Crippen molar-refractivity contribution in [2.75, 3.05) is 0 Å². The topological polar surface area (TPSA) is 92.3 Å². The highest BCUT2D eigenvalue weighted by molar-refractivity contribution is 7.90. The summed E-state index contributed by atoms with van der Waals surface area (Å²) in [4.78, 5) is 24.9. The first-order valence-corrected chi connectivity index (χ1v) is 9.50. The average molecular weight is 338 g/mol. The van der Waals surface area contributed by atoms with E-state index in [-0.39, 0.29) is 17.7 Å². The minimum atomic E-state index is -3.62. The van der Waals surface area contributed by atoms with Gasteiger partial charge in [0.2, 0.25) is 15.9 Å². The maximum atomic E-state index is 12.5. The van der Waals surface area contributed by atoms with Gasteiger partial charge in [-0.2, -0.15) is 0 Å². The predicted molar refractivity (Wildman–Crippen MR) is 85.7 cm³/mol. The first kappa shape index (κ1) is 16.2. The van der Waals surface area contributed by atoms with Gasteiger partial charge >= 0.3 is 0 Å². The molecule has 3 fully saturated rings. The van der Waals surface area contributed by atoms with E-state index >= 15 is 0 Å². The number of carbonyl (C=O) groups is 2. The number of amides is 2. The van der Waals surface area contributed by atoms with Crippen molar-refractivity contribution in [2.45, 2.75) is 49.3 Å². The van der Waals surface area contributed by atoms with Crippen LogP contribution in [0, 0.1) is 11.8 Å². The van der Waals surface area contributed by atoms with Crippen LogP contribution in [0.25, 0.3) is 0 Å². The maximum absolute atomic E-state index is 12.5. The lowest BCUT2D eigenvalue weighted by atomic mass is 10.1. The number of carbonyl (C=O) groups excluding carboxylic acids is 2. The summed E-state index contributed by atoms with van der Waals surface area (Å²) in [6.07, 6.45) is 5.32. The summed E-state index contributed by atoms with van der Waals surface area (Å²) in [6, 6.07) is 0. The van der Waals surface area contributed by atoms with Crippen molar-refractivity contribution < 1.29 is 18.0 Å². The van der Waals surface area contributed by atoms with Gasteiger partial charge in [-0.3, -0.25) is 14.3 Å². The number of sulfonamides is 1. The molecule has 3 aliphatic rings. The van der Waals surface area contributed by atoms with Crippen LogP contribution < -0.4 is 10.0 Å². The van der Waals surface area contributed by atoms with Gasteiger partial charge in [-0.25, -0.2) is 8.42 Å². The van der Waals surface area contributed by atoms with Gasteiger partial charge in [0.25, 0.3) is 5.91 Å². The quantitative estimate of drug-likeness (QED) is 0.707. The first-order valence-electron chi connectivity index (χ1n) is 7.96. The highest BCUT2D eigenvalue weighted by atomic mass is 32.2. The lowest BCUT2D eigenvalue weighted by molar-refractivity contribution is -0.131. The van der Waals surface area contributed by atoms with Gasteiger partial charge in [0.05, 0.1) is 5.25 Å². The van der Waals surface area contributed by atoms with Crippen molar-refractivity contribution in [3.63, 3.8) is 0 Å². The van der Waals surface area contributed by atoms with Gasteiger partial charge in [-0.1, -0.05) is 18.2 Å². The van der Waals surface area contributed by atoms with Gasteiger partial charge in [-0.05, 0) is 38.5 Å². The Kier molecular flexibility index (Phi) is 3.86. The van der Waals surface area contributed by atoms with Crippen molar-refractivity contribution in [2.24, 2.45) is 11.8 Å². The Bertz CT molecular complexity index is 680. The maximum Gasteiger partial charge on any atom is 0.259 e. The summed E-state index contributed by atoms with van der Waals surface area (Å²) < 4.78 is 26.1. The van der Waals surface area contributed by atoms with Crippen molar-refractivity contribution in [1.29, 1.82) is 0 Å². The largest absolute Gasteiger partial charge is 0.341 e. The molecule has 0 unspecified atom stereocenters. The number of hydrogen-bond donors (Lipinski definition) is 2. The lowest BCUT2D eigenvalue weighted by Gasteiger charge is -2.20. The third-order valence-corrected chi connectivity index (χ3v) is 6.82. The zero-order valence-electron chi connectivity index (χ0n) is 13.0. The molecule has 0 radical (unpaired) electrons. The summed E-state index contributed by atoms with van der Waals surface area (Å²) in [5.74, 6) is -1.25. The second kappa shape index (κ2) is 5.47. The second-order valence-electron chi connectivity index (χ2n) is 6.87. The van der Waals surface area contributed by atoms with E-state index in [1.165, 1.54) is 0 Å². The molecule has 0 aromatic carbocycles. The predicted octanol–water partition coefficient (Wildman–Crippen LogP) is 1.01. The van der Waals surface area contributed by atoms with E-state index in [1.54, 1.807) is 6.08 Å². The Labute approximate surface area is 136 Å². The first-order chi connectivity index (χ1) is 10.8. The Morgan fingerprint density at radius 3 is 2.43 bits per heavy atom. The van der Waals surface area contributed by atoms with E-state index in [0.29, 0.717) is 25.7 Å². The SMILES string of the molecule is C=C[C@@H]1C[C@]1(NC(=O)[C@H]1CCC(=C)C1)C(=O)NS(=O)(=O)C1CC1. The van der Waals surface area contributed by atoms with Crippen LogP contribution >= 0.6 is 0 Å². The third kappa shape index (κ3) is 3.06. The van der Waals surface area contributed by atoms with Crippen LogP contribution in [0.1, 0.15) is 38.5 Å². The van der Waals surface area contributed by atoms with Gasteiger partial charge in [-0.15, -0.1) is 6.58 Å². The molecule has 0 bridgehead atoms. The van der Waals surface area contributed by atoms with Crippen LogP contribution in [-0.4, -0.2) is 31.0 Å². The highest BCUT2D eigenvalue weighted by Gasteiger charge is 2.61. The fourth-order valence-corrected chi connectivity index (χ4v) is 4.56. The van der Waals surface area contributed by atoms with Gasteiger partial charge < -0.3 is 5.32 Å². The summed E-state index contributed by atoms with van der Waals surface area (Å²) in [5, 5.41) is 2.31. The van der Waals surface area contributed by atoms with Crippen molar-refractivity contribution >= 4 is 21.8 Å². The molecule has 0 aromatic rings. The van der Waals surface area contributed by atoms with E-state index in [2.05, 4.69) is 23.2 Å². The molecular formula is C16H22N2O4S. The van der Waals surface area contributed by atoms with E-state index in [1.807, 2.05) is 0 Å². The molecule has 0 saturated heterocycles. The molecule has 3 rings (SSSR count). The van der Waals surface area contributed by atoms with E-state index in [0.717, 1.165) is 18.4 Å². The van der Waals surface area contributed by atoms with Gasteiger partial charge in [0, 0.05) is 11.8 Å². The molecule has 3 atom stereocenters. The smallest absolute Gasteiger partial charge is 0.259 e. The standard InChI is InChI=1S/C16H22N2O4S/c1-3-12-9-16(12,15(20)18-23(21,22)13-6-7-13)17-14(19)11-5-4-10(2)8-11/h3,11-13H,1-2,4-9H2,(H,17,19)(H,18,20)/t11-,12+,16+/m0/s1. The van der Waals surface area contributed by atoms with Crippen LogP contribution in [0.5, 0.6) is 0 Å². The zero-order chi connectivity index (χ0) is 16.8. The number of allylic oxidation sites excluding steroid dienone is 1. The lowest BCUT2D eigenvalue weighted by Crippen LogP contribution is -2.53. The van der Waals surface area contributed by atoms with E-state index < -0.39 is 26.7 Å². The molecule has 0 aromatic heterocycles. The average Bonchev–Trinajstić information content (AvgIpc) is 3.37. The Morgan fingerprint density at radius 1 is 1.26 bits per heavy atom. The summed E-state index contributed by atoms with van der Waals surface area (Å²) in [7, 11) is -3.62. The fraction of sp³-hybridized carbons (Fsp3) is 0.625. The van der Waals surface area contributed by atoms with Crippen LogP contribution in [0.4, 0.5) is 0 Å². The molecule has 7 heteroatoms. The van der Waals surface area contributed by atoms with Crippen molar-refractivity contribution in [3.8, 4) is 0 Å². The number of hydrogen-bond acceptors (Lipinski definition) is 4. The van der Waals surface area contributed by atoms with E-state index in [9.17, 15) is 18.0 Å². The minimum absolute atomic E-state index is 0.182. The molecule has 23 heavy (non-hydrogen) atoms. The van der Waals surface area contributed by atoms with Crippen LogP contribution in [0.15, 0.2) is 24.8 Å². The van der Waals surface area contributed by atoms with Crippen molar-refractivity contribution in [3.05, 3.63) is 24.8 Å². The summed E-state index contributed by atoms with van der Waals surface area (Å²) in [6.45, 7) is 7.55. The molecule has 3 saturated carbocycles. The van der Waals surface area contributed by atoms with Gasteiger partial charge in [0.1, 0.15) is 5.54 Å². The Morgan fingerprint density at radius 2 is 1.96 bits per heavy atom. The molecule has 2 amide bonds. The Hall–Kier alpha value is -1.63. The van der Waals surface area contributed by atoms with Gasteiger partial charge in [0.15, 0.2) is 0 Å². The monoisotopic (exact) mass is 338 g/mol. The zero-order valence-corrected chi connectivity index (χ0v) is 13.8. The fourth-order valence-electron chi connectivity index (χ4n) is 3.19. The minimum Gasteiger partial charge on any atom is -0.341 e. The summed E-state index contributed by atoms with van der Waals surface area (Å²) >= 11 is 0. The summed E-state index contributed by atoms with van der Waals surface area (Å²) in [5.41, 5.74) is -0.124. The molecule has 0 heterocycles. The Balaban J connectivity index is 1.70. The van der Waals surface area contributed by atoms with E-state index in [4.69, 9.17) is 0 Å².